The maximum atomic E-state index is 10.9. The van der Waals surface area contributed by atoms with Gasteiger partial charge in [0, 0.05) is 13.0 Å². The Labute approximate surface area is 110 Å². The molecular formula is C15H23NO2. The van der Waals surface area contributed by atoms with E-state index in [-0.39, 0.29) is 5.78 Å². The van der Waals surface area contributed by atoms with Gasteiger partial charge in [0.2, 0.25) is 0 Å². The Hall–Kier alpha value is -1.61. The number of hydrogen-bond donors (Lipinski definition) is 0. The number of ether oxygens (including phenoxy) is 1. The standard InChI is InChI=1S/C13H19NO2.C2H4/c1-11(15)10-12-4-6-13(7-5-12)16-9-8-14(2)3;1-2/h4-7H,8-10H2,1-3H3;1-2H2. The zero-order valence-corrected chi connectivity index (χ0v) is 11.6. The number of nitrogens with zero attached hydrogens (tertiary/aromatic N) is 1. The lowest BCUT2D eigenvalue weighted by Crippen LogP contribution is -2.19. The van der Waals surface area contributed by atoms with Crippen molar-refractivity contribution in [2.24, 2.45) is 0 Å². The smallest absolute Gasteiger partial charge is 0.134 e. The molecule has 3 nitrogen and oxygen atoms in total. The fourth-order valence-corrected chi connectivity index (χ4v) is 1.34. The van der Waals surface area contributed by atoms with E-state index in [0.717, 1.165) is 17.9 Å². The van der Waals surface area contributed by atoms with Crippen molar-refractivity contribution < 1.29 is 9.53 Å². The summed E-state index contributed by atoms with van der Waals surface area (Å²) in [6, 6.07) is 7.70. The van der Waals surface area contributed by atoms with E-state index in [1.807, 2.05) is 38.4 Å². The van der Waals surface area contributed by atoms with Crippen LogP contribution in [0.15, 0.2) is 37.4 Å². The quantitative estimate of drug-likeness (QED) is 0.726. The number of ketones is 1. The summed E-state index contributed by atoms with van der Waals surface area (Å²) in [6.45, 7) is 9.18. The number of likely N-dealkylation sites (N-methyl/N-ethyl adjacent to an activating group) is 1. The zero-order chi connectivity index (χ0) is 14.0. The van der Waals surface area contributed by atoms with Gasteiger partial charge in [-0.25, -0.2) is 0 Å². The monoisotopic (exact) mass is 249 g/mol. The van der Waals surface area contributed by atoms with Gasteiger partial charge in [-0.2, -0.15) is 0 Å². The molecule has 1 rings (SSSR count). The second-order valence-corrected chi connectivity index (χ2v) is 4.17. The molecule has 18 heavy (non-hydrogen) atoms. The lowest BCUT2D eigenvalue weighted by Gasteiger charge is -2.11. The SMILES string of the molecule is C=C.CC(=O)Cc1ccc(OCCN(C)C)cc1. The number of rotatable bonds is 6. The maximum Gasteiger partial charge on any atom is 0.134 e. The highest BCUT2D eigenvalue weighted by molar-refractivity contribution is 5.78. The first-order chi connectivity index (χ1) is 8.58. The van der Waals surface area contributed by atoms with Crippen LogP contribution in [0.5, 0.6) is 5.75 Å². The van der Waals surface area contributed by atoms with Gasteiger partial charge in [-0.15, -0.1) is 13.2 Å². The molecule has 1 aromatic carbocycles. The summed E-state index contributed by atoms with van der Waals surface area (Å²) in [5, 5.41) is 0. The molecule has 0 atom stereocenters. The molecule has 0 fully saturated rings. The molecule has 0 amide bonds. The summed E-state index contributed by atoms with van der Waals surface area (Å²) < 4.78 is 5.55. The third kappa shape index (κ3) is 7.63. The fraction of sp³-hybridized carbons (Fsp3) is 0.400. The summed E-state index contributed by atoms with van der Waals surface area (Å²) in [5.74, 6) is 1.04. The molecule has 0 saturated carbocycles. The molecule has 100 valence electrons. The highest BCUT2D eigenvalue weighted by Gasteiger charge is 1.99. The molecule has 0 saturated heterocycles. The van der Waals surface area contributed by atoms with Crippen LogP contribution in [-0.4, -0.2) is 37.9 Å². The molecule has 0 spiro atoms. The summed E-state index contributed by atoms with van der Waals surface area (Å²) in [7, 11) is 4.03. The van der Waals surface area contributed by atoms with Crippen molar-refractivity contribution in [1.82, 2.24) is 4.90 Å². The van der Waals surface area contributed by atoms with Crippen LogP contribution in [0.25, 0.3) is 0 Å². The van der Waals surface area contributed by atoms with Crippen molar-refractivity contribution in [2.45, 2.75) is 13.3 Å². The van der Waals surface area contributed by atoms with E-state index in [4.69, 9.17) is 4.74 Å². The van der Waals surface area contributed by atoms with E-state index in [1.54, 1.807) is 6.92 Å². The van der Waals surface area contributed by atoms with Gasteiger partial charge in [0.15, 0.2) is 0 Å². The normalized spacial score (nSPS) is 9.56. The average Bonchev–Trinajstić information content (AvgIpc) is 2.33. The molecule has 0 aliphatic rings. The first kappa shape index (κ1) is 16.4. The minimum atomic E-state index is 0.182. The Morgan fingerprint density at radius 2 is 1.78 bits per heavy atom. The number of carbonyl (C=O) groups excluding carboxylic acids is 1. The van der Waals surface area contributed by atoms with Crippen LogP contribution in [0.3, 0.4) is 0 Å². The molecular weight excluding hydrogens is 226 g/mol. The van der Waals surface area contributed by atoms with Crippen molar-refractivity contribution in [3.05, 3.63) is 43.0 Å². The molecule has 0 aliphatic carbocycles. The number of carbonyl (C=O) groups is 1. The Morgan fingerprint density at radius 1 is 1.22 bits per heavy atom. The largest absolute Gasteiger partial charge is 0.492 e. The Kier molecular flexibility index (Phi) is 8.58. The number of hydrogen-bond acceptors (Lipinski definition) is 3. The van der Waals surface area contributed by atoms with Crippen LogP contribution in [0.2, 0.25) is 0 Å². The van der Waals surface area contributed by atoms with E-state index in [9.17, 15) is 4.79 Å². The number of benzene rings is 1. The molecule has 0 unspecified atom stereocenters. The summed E-state index contributed by atoms with van der Waals surface area (Å²) in [4.78, 5) is 13.0. The van der Waals surface area contributed by atoms with Crippen molar-refractivity contribution in [2.75, 3.05) is 27.2 Å². The van der Waals surface area contributed by atoms with Gasteiger partial charge in [-0.05, 0) is 38.7 Å². The minimum Gasteiger partial charge on any atom is -0.492 e. The first-order valence-electron chi connectivity index (χ1n) is 5.94. The molecule has 0 N–H and O–H groups in total. The zero-order valence-electron chi connectivity index (χ0n) is 11.6. The number of Topliss-reactive ketones (excluding diaryl/α,β-unsaturated/α-hetero) is 1. The van der Waals surface area contributed by atoms with Crippen LogP contribution >= 0.6 is 0 Å². The van der Waals surface area contributed by atoms with Gasteiger partial charge in [-0.1, -0.05) is 12.1 Å². The third-order valence-electron chi connectivity index (χ3n) is 2.18. The van der Waals surface area contributed by atoms with Crippen LogP contribution in [0, 0.1) is 0 Å². The predicted octanol–water partition coefficient (Wildman–Crippen LogP) is 2.56. The Balaban J connectivity index is 0.00000137. The lowest BCUT2D eigenvalue weighted by molar-refractivity contribution is -0.116. The first-order valence-corrected chi connectivity index (χ1v) is 5.94. The van der Waals surface area contributed by atoms with Crippen LogP contribution in [-0.2, 0) is 11.2 Å². The summed E-state index contributed by atoms with van der Waals surface area (Å²) in [5.41, 5.74) is 1.03. The summed E-state index contributed by atoms with van der Waals surface area (Å²) in [6.07, 6.45) is 0.498. The third-order valence-corrected chi connectivity index (χ3v) is 2.18. The van der Waals surface area contributed by atoms with Gasteiger partial charge >= 0.3 is 0 Å². The molecule has 3 heteroatoms. The highest BCUT2D eigenvalue weighted by Crippen LogP contribution is 2.12. The summed E-state index contributed by atoms with van der Waals surface area (Å²) >= 11 is 0. The molecule has 0 radical (unpaired) electrons. The minimum absolute atomic E-state index is 0.182. The second kappa shape index (κ2) is 9.42. The van der Waals surface area contributed by atoms with Gasteiger partial charge in [0.25, 0.3) is 0 Å². The van der Waals surface area contributed by atoms with Crippen molar-refractivity contribution in [3.63, 3.8) is 0 Å². The Bertz CT molecular complexity index is 344. The highest BCUT2D eigenvalue weighted by atomic mass is 16.5. The van der Waals surface area contributed by atoms with Crippen molar-refractivity contribution in [3.8, 4) is 5.75 Å². The molecule has 0 aliphatic heterocycles. The molecule has 0 heterocycles. The van der Waals surface area contributed by atoms with Gasteiger partial charge in [0.1, 0.15) is 18.1 Å². The van der Waals surface area contributed by atoms with Crippen LogP contribution in [0.1, 0.15) is 12.5 Å². The molecule has 0 aromatic heterocycles. The van der Waals surface area contributed by atoms with E-state index >= 15 is 0 Å². The topological polar surface area (TPSA) is 29.5 Å². The van der Waals surface area contributed by atoms with Crippen LogP contribution < -0.4 is 4.74 Å². The van der Waals surface area contributed by atoms with E-state index < -0.39 is 0 Å². The lowest BCUT2D eigenvalue weighted by atomic mass is 10.1. The molecule has 1 aromatic rings. The van der Waals surface area contributed by atoms with Gasteiger partial charge in [-0.3, -0.25) is 4.79 Å². The van der Waals surface area contributed by atoms with Crippen LogP contribution in [0.4, 0.5) is 0 Å². The van der Waals surface area contributed by atoms with Crippen molar-refractivity contribution >= 4 is 5.78 Å². The van der Waals surface area contributed by atoms with Crippen molar-refractivity contribution in [1.29, 1.82) is 0 Å². The fourth-order valence-electron chi connectivity index (χ4n) is 1.34. The van der Waals surface area contributed by atoms with E-state index in [1.165, 1.54) is 0 Å². The van der Waals surface area contributed by atoms with E-state index in [0.29, 0.717) is 13.0 Å². The average molecular weight is 249 g/mol. The van der Waals surface area contributed by atoms with Gasteiger partial charge < -0.3 is 9.64 Å². The maximum absolute atomic E-state index is 10.9. The van der Waals surface area contributed by atoms with E-state index in [2.05, 4.69) is 18.1 Å². The predicted molar refractivity (Wildman–Crippen MR) is 76.1 cm³/mol. The van der Waals surface area contributed by atoms with Gasteiger partial charge in [0.05, 0.1) is 0 Å². The second-order valence-electron chi connectivity index (χ2n) is 4.17. The Morgan fingerprint density at radius 3 is 2.22 bits per heavy atom. The molecule has 0 bridgehead atoms.